The highest BCUT2D eigenvalue weighted by Gasteiger charge is 2.03. The van der Waals surface area contributed by atoms with Gasteiger partial charge in [0.15, 0.2) is 0 Å². The molecule has 0 heterocycles. The van der Waals surface area contributed by atoms with Crippen molar-refractivity contribution in [1.82, 2.24) is 0 Å². The first-order valence-electron chi connectivity index (χ1n) is 5.24. The maximum Gasteiger partial charge on any atom is 0.0284 e. The number of nitrogens with zero attached hydrogens (tertiary/aromatic N) is 1. The predicted molar refractivity (Wildman–Crippen MR) is 63.4 cm³/mol. The minimum atomic E-state index is 0.605. The van der Waals surface area contributed by atoms with Crippen LogP contribution >= 0.6 is 0 Å². The van der Waals surface area contributed by atoms with Crippen LogP contribution in [0, 0.1) is 0 Å². The molecule has 1 aromatic carbocycles. The van der Waals surface area contributed by atoms with Crippen LogP contribution < -0.4 is 0 Å². The zero-order valence-electron chi connectivity index (χ0n) is 9.54. The fourth-order valence-electron chi connectivity index (χ4n) is 1.56. The first kappa shape index (κ1) is 11.0. The van der Waals surface area contributed by atoms with Gasteiger partial charge in [0.2, 0.25) is 0 Å². The quantitative estimate of drug-likeness (QED) is 0.646. The van der Waals surface area contributed by atoms with E-state index in [-0.39, 0.29) is 0 Å². The highest BCUT2D eigenvalue weighted by molar-refractivity contribution is 5.81. The minimum absolute atomic E-state index is 0.605. The molecule has 14 heavy (non-hydrogen) atoms. The van der Waals surface area contributed by atoms with E-state index in [4.69, 9.17) is 0 Å². The first-order chi connectivity index (χ1) is 6.69. The Morgan fingerprint density at radius 1 is 1.36 bits per heavy atom. The zero-order chi connectivity index (χ0) is 10.6. The number of aliphatic imine (C=N–C) groups is 1. The molecule has 1 nitrogen and oxygen atoms in total. The molecule has 0 saturated heterocycles. The summed E-state index contributed by atoms with van der Waals surface area (Å²) < 4.78 is 0. The van der Waals surface area contributed by atoms with Gasteiger partial charge >= 0.3 is 0 Å². The average Bonchev–Trinajstić information content (AvgIpc) is 2.18. The summed E-state index contributed by atoms with van der Waals surface area (Å²) in [5.41, 5.74) is 4.05. The molecule has 0 spiro atoms. The van der Waals surface area contributed by atoms with E-state index in [0.717, 1.165) is 6.42 Å². The highest BCUT2D eigenvalue weighted by Crippen LogP contribution is 2.18. The van der Waals surface area contributed by atoms with E-state index >= 15 is 0 Å². The zero-order valence-corrected chi connectivity index (χ0v) is 9.54. The van der Waals surface area contributed by atoms with Crippen molar-refractivity contribution in [3.63, 3.8) is 0 Å². The molecule has 0 amide bonds. The van der Waals surface area contributed by atoms with Gasteiger partial charge in [-0.3, -0.25) is 4.99 Å². The molecule has 0 radical (unpaired) electrons. The van der Waals surface area contributed by atoms with Crippen molar-refractivity contribution in [2.24, 2.45) is 4.99 Å². The molecular weight excluding hydrogens is 170 g/mol. The molecule has 0 aromatic heterocycles. The third-order valence-corrected chi connectivity index (χ3v) is 2.48. The fourth-order valence-corrected chi connectivity index (χ4v) is 1.56. The van der Waals surface area contributed by atoms with E-state index in [0.29, 0.717) is 5.92 Å². The van der Waals surface area contributed by atoms with Gasteiger partial charge in [0, 0.05) is 13.3 Å². The van der Waals surface area contributed by atoms with Crippen molar-refractivity contribution in [1.29, 1.82) is 0 Å². The summed E-state index contributed by atoms with van der Waals surface area (Å²) in [5.74, 6) is 0.605. The molecule has 0 atom stereocenters. The number of benzene rings is 1. The highest BCUT2D eigenvalue weighted by atomic mass is 14.6. The maximum absolute atomic E-state index is 4.06. The van der Waals surface area contributed by atoms with Crippen molar-refractivity contribution < 1.29 is 0 Å². The Kier molecular flexibility index (Phi) is 3.87. The smallest absolute Gasteiger partial charge is 0.0284 e. The van der Waals surface area contributed by atoms with E-state index in [2.05, 4.69) is 44.0 Å². The van der Waals surface area contributed by atoms with Crippen LogP contribution in [0.5, 0.6) is 0 Å². The van der Waals surface area contributed by atoms with Crippen molar-refractivity contribution in [2.45, 2.75) is 33.1 Å². The molecule has 0 saturated carbocycles. The lowest BCUT2D eigenvalue weighted by atomic mass is 9.96. The van der Waals surface area contributed by atoms with Crippen LogP contribution in [0.1, 0.15) is 43.4 Å². The van der Waals surface area contributed by atoms with Gasteiger partial charge in [-0.05, 0) is 29.0 Å². The molecule has 0 bridgehead atoms. The summed E-state index contributed by atoms with van der Waals surface area (Å²) in [5, 5.41) is 0. The summed E-state index contributed by atoms with van der Waals surface area (Å²) in [7, 11) is 1.82. The normalized spacial score (nSPS) is 11.5. The van der Waals surface area contributed by atoms with Gasteiger partial charge in [-0.1, -0.05) is 39.0 Å². The van der Waals surface area contributed by atoms with Crippen LogP contribution in [0.15, 0.2) is 23.2 Å². The molecule has 0 aliphatic heterocycles. The van der Waals surface area contributed by atoms with E-state index in [1.165, 1.54) is 16.7 Å². The Hall–Kier alpha value is -1.11. The van der Waals surface area contributed by atoms with Gasteiger partial charge < -0.3 is 0 Å². The second-order valence-corrected chi connectivity index (χ2v) is 3.85. The van der Waals surface area contributed by atoms with Crippen molar-refractivity contribution in [3.05, 3.63) is 34.9 Å². The number of hydrogen-bond donors (Lipinski definition) is 0. The number of rotatable bonds is 3. The molecule has 1 rings (SSSR count). The van der Waals surface area contributed by atoms with Crippen LogP contribution in [0.4, 0.5) is 0 Å². The van der Waals surface area contributed by atoms with Gasteiger partial charge in [0.25, 0.3) is 0 Å². The minimum Gasteiger partial charge on any atom is -0.296 e. The third kappa shape index (κ3) is 2.44. The van der Waals surface area contributed by atoms with Crippen LogP contribution in [-0.4, -0.2) is 13.3 Å². The molecule has 0 unspecified atom stereocenters. The monoisotopic (exact) mass is 189 g/mol. The van der Waals surface area contributed by atoms with Crippen LogP contribution in [0.3, 0.4) is 0 Å². The Morgan fingerprint density at radius 3 is 2.57 bits per heavy atom. The first-order valence-corrected chi connectivity index (χ1v) is 5.24. The SMILES string of the molecule is CCc1cc(C(C)C)ccc1C=NC. The van der Waals surface area contributed by atoms with Gasteiger partial charge in [0.1, 0.15) is 0 Å². The molecule has 0 aliphatic carbocycles. The van der Waals surface area contributed by atoms with Crippen molar-refractivity contribution in [3.8, 4) is 0 Å². The number of aryl methyl sites for hydroxylation is 1. The molecule has 0 N–H and O–H groups in total. The van der Waals surface area contributed by atoms with Crippen LogP contribution in [0.25, 0.3) is 0 Å². The van der Waals surface area contributed by atoms with Crippen LogP contribution in [0.2, 0.25) is 0 Å². The van der Waals surface area contributed by atoms with Gasteiger partial charge in [-0.2, -0.15) is 0 Å². The van der Waals surface area contributed by atoms with Gasteiger partial charge in [-0.25, -0.2) is 0 Å². The summed E-state index contributed by atoms with van der Waals surface area (Å²) in [6.45, 7) is 6.64. The molecule has 76 valence electrons. The second-order valence-electron chi connectivity index (χ2n) is 3.85. The standard InChI is InChI=1S/C13H19N/c1-5-11-8-12(10(2)3)6-7-13(11)9-14-4/h6-10H,5H2,1-4H3. The molecule has 0 aliphatic rings. The summed E-state index contributed by atoms with van der Waals surface area (Å²) in [6.07, 6.45) is 3.00. The molecule has 1 aromatic rings. The maximum atomic E-state index is 4.06. The fraction of sp³-hybridized carbons (Fsp3) is 0.462. The number of hydrogen-bond acceptors (Lipinski definition) is 1. The van der Waals surface area contributed by atoms with E-state index in [1.807, 2.05) is 13.3 Å². The lowest BCUT2D eigenvalue weighted by Crippen LogP contribution is -1.95. The Labute approximate surface area is 86.9 Å². The van der Waals surface area contributed by atoms with Crippen LogP contribution in [-0.2, 0) is 6.42 Å². The third-order valence-electron chi connectivity index (χ3n) is 2.48. The summed E-state index contributed by atoms with van der Waals surface area (Å²) in [6, 6.07) is 6.66. The molecule has 0 fully saturated rings. The Balaban J connectivity index is 3.11. The lowest BCUT2D eigenvalue weighted by Gasteiger charge is -2.09. The average molecular weight is 189 g/mol. The Morgan fingerprint density at radius 2 is 2.07 bits per heavy atom. The predicted octanol–water partition coefficient (Wildman–Crippen LogP) is 3.42. The summed E-state index contributed by atoms with van der Waals surface area (Å²) in [4.78, 5) is 4.06. The van der Waals surface area contributed by atoms with Crippen molar-refractivity contribution in [2.75, 3.05) is 7.05 Å². The second kappa shape index (κ2) is 4.94. The largest absolute Gasteiger partial charge is 0.296 e. The van der Waals surface area contributed by atoms with Gasteiger partial charge in [0.05, 0.1) is 0 Å². The van der Waals surface area contributed by atoms with Crippen molar-refractivity contribution >= 4 is 6.21 Å². The topological polar surface area (TPSA) is 12.4 Å². The van der Waals surface area contributed by atoms with E-state index in [1.54, 1.807) is 0 Å². The van der Waals surface area contributed by atoms with Gasteiger partial charge in [-0.15, -0.1) is 0 Å². The summed E-state index contributed by atoms with van der Waals surface area (Å²) >= 11 is 0. The Bertz CT molecular complexity index is 324. The molecular formula is C13H19N. The van der Waals surface area contributed by atoms with E-state index < -0.39 is 0 Å². The van der Waals surface area contributed by atoms with E-state index in [9.17, 15) is 0 Å². The molecule has 1 heteroatoms. The lowest BCUT2D eigenvalue weighted by molar-refractivity contribution is 0.862.